The number of hydrogen-bond acceptors (Lipinski definition) is 3. The summed E-state index contributed by atoms with van der Waals surface area (Å²) in [6.45, 7) is 1.55. The molecule has 0 bridgehead atoms. The second kappa shape index (κ2) is 8.93. The molecule has 0 saturated heterocycles. The highest BCUT2D eigenvalue weighted by atomic mass is 35.5. The first-order valence-corrected chi connectivity index (χ1v) is 9.13. The third-order valence-electron chi connectivity index (χ3n) is 4.69. The molecule has 1 aliphatic rings. The van der Waals surface area contributed by atoms with E-state index in [1.54, 1.807) is 18.9 Å². The van der Waals surface area contributed by atoms with Crippen molar-refractivity contribution in [1.29, 1.82) is 0 Å². The van der Waals surface area contributed by atoms with Crippen molar-refractivity contribution in [2.45, 2.75) is 50.9 Å². The van der Waals surface area contributed by atoms with Gasteiger partial charge in [-0.15, -0.1) is 0 Å². The zero-order valence-electron chi connectivity index (χ0n) is 15.2. The Hall–Kier alpha value is -1.80. The van der Waals surface area contributed by atoms with Crippen LogP contribution in [0.5, 0.6) is 0 Å². The van der Waals surface area contributed by atoms with E-state index in [4.69, 9.17) is 11.6 Å². The van der Waals surface area contributed by atoms with E-state index in [2.05, 4.69) is 10.6 Å². The molecule has 1 aromatic carbocycles. The molecule has 0 spiro atoms. The SMILES string of the molecule is C[C@H](C(=O)NC1CCCC1)N(C)CC(=O)Nc1ccc(Cl)c(C(F)(F)F)c1. The van der Waals surface area contributed by atoms with Gasteiger partial charge in [-0.25, -0.2) is 0 Å². The van der Waals surface area contributed by atoms with Crippen molar-refractivity contribution < 1.29 is 22.8 Å². The Morgan fingerprint density at radius 1 is 1.30 bits per heavy atom. The molecule has 2 amide bonds. The van der Waals surface area contributed by atoms with Gasteiger partial charge < -0.3 is 10.6 Å². The predicted molar refractivity (Wildman–Crippen MR) is 97.6 cm³/mol. The van der Waals surface area contributed by atoms with Gasteiger partial charge >= 0.3 is 6.18 Å². The fraction of sp³-hybridized carbons (Fsp3) is 0.556. The number of nitrogens with one attached hydrogen (secondary N) is 2. The van der Waals surface area contributed by atoms with Crippen molar-refractivity contribution in [2.75, 3.05) is 18.9 Å². The standard InChI is InChI=1S/C18H23ClF3N3O2/c1-11(17(27)24-12-5-3-4-6-12)25(2)10-16(26)23-13-7-8-15(19)14(9-13)18(20,21)22/h7-9,11-12H,3-6,10H2,1-2H3,(H,23,26)(H,24,27)/t11-/m1/s1. The van der Waals surface area contributed by atoms with Crippen LogP contribution in [0.1, 0.15) is 38.2 Å². The van der Waals surface area contributed by atoms with E-state index in [1.807, 2.05) is 0 Å². The number of likely N-dealkylation sites (N-methyl/N-ethyl adjacent to an activating group) is 1. The minimum atomic E-state index is -4.61. The molecule has 0 unspecified atom stereocenters. The fourth-order valence-corrected chi connectivity index (χ4v) is 3.20. The van der Waals surface area contributed by atoms with Crippen LogP contribution in [0.4, 0.5) is 18.9 Å². The van der Waals surface area contributed by atoms with E-state index < -0.39 is 28.7 Å². The Morgan fingerprint density at radius 2 is 1.93 bits per heavy atom. The summed E-state index contributed by atoms with van der Waals surface area (Å²) >= 11 is 5.56. The number of hydrogen-bond donors (Lipinski definition) is 2. The third-order valence-corrected chi connectivity index (χ3v) is 5.02. The van der Waals surface area contributed by atoms with Crippen LogP contribution in [0, 0.1) is 0 Å². The normalized spacial score (nSPS) is 16.4. The zero-order chi connectivity index (χ0) is 20.2. The Balaban J connectivity index is 1.91. The quantitative estimate of drug-likeness (QED) is 0.759. The van der Waals surface area contributed by atoms with Crippen LogP contribution in [-0.4, -0.2) is 42.4 Å². The van der Waals surface area contributed by atoms with Gasteiger partial charge in [0.1, 0.15) is 0 Å². The van der Waals surface area contributed by atoms with Crippen LogP contribution in [0.2, 0.25) is 5.02 Å². The topological polar surface area (TPSA) is 61.4 Å². The lowest BCUT2D eigenvalue weighted by Crippen LogP contribution is -2.48. The molecule has 0 aliphatic heterocycles. The summed E-state index contributed by atoms with van der Waals surface area (Å²) in [6.07, 6.45) is -0.500. The summed E-state index contributed by atoms with van der Waals surface area (Å²) in [5.74, 6) is -0.684. The maximum absolute atomic E-state index is 12.9. The predicted octanol–water partition coefficient (Wildman–Crippen LogP) is 3.68. The summed E-state index contributed by atoms with van der Waals surface area (Å²) in [7, 11) is 1.61. The van der Waals surface area contributed by atoms with Gasteiger partial charge in [0.05, 0.1) is 23.2 Å². The lowest BCUT2D eigenvalue weighted by molar-refractivity contribution is -0.137. The zero-order valence-corrected chi connectivity index (χ0v) is 16.0. The van der Waals surface area contributed by atoms with Gasteiger partial charge in [0.15, 0.2) is 0 Å². The van der Waals surface area contributed by atoms with Gasteiger partial charge in [0.25, 0.3) is 0 Å². The van der Waals surface area contributed by atoms with Crippen LogP contribution < -0.4 is 10.6 Å². The molecule has 2 N–H and O–H groups in total. The number of anilines is 1. The van der Waals surface area contributed by atoms with Crippen LogP contribution in [0.25, 0.3) is 0 Å². The van der Waals surface area contributed by atoms with Crippen molar-refractivity contribution in [2.24, 2.45) is 0 Å². The maximum atomic E-state index is 12.9. The molecular formula is C18H23ClF3N3O2. The van der Waals surface area contributed by atoms with Gasteiger partial charge in [-0.3, -0.25) is 14.5 Å². The molecular weight excluding hydrogens is 383 g/mol. The number of halogens is 4. The van der Waals surface area contributed by atoms with Gasteiger partial charge in [0, 0.05) is 11.7 Å². The molecule has 1 atom stereocenters. The lowest BCUT2D eigenvalue weighted by Gasteiger charge is -2.25. The van der Waals surface area contributed by atoms with Crippen LogP contribution in [-0.2, 0) is 15.8 Å². The summed E-state index contributed by atoms with van der Waals surface area (Å²) in [6, 6.07) is 2.81. The monoisotopic (exact) mass is 405 g/mol. The molecule has 9 heteroatoms. The van der Waals surface area contributed by atoms with Crippen molar-refractivity contribution in [1.82, 2.24) is 10.2 Å². The summed E-state index contributed by atoms with van der Waals surface area (Å²) in [5, 5.41) is 4.93. The molecule has 5 nitrogen and oxygen atoms in total. The number of nitrogens with zero attached hydrogens (tertiary/aromatic N) is 1. The first-order valence-electron chi connectivity index (χ1n) is 8.75. The summed E-state index contributed by atoms with van der Waals surface area (Å²) in [5.41, 5.74) is -1.02. The minimum absolute atomic E-state index is 0.00631. The van der Waals surface area contributed by atoms with Crippen LogP contribution in [0.15, 0.2) is 18.2 Å². The van der Waals surface area contributed by atoms with Gasteiger partial charge in [-0.05, 0) is 45.0 Å². The van der Waals surface area contributed by atoms with Gasteiger partial charge in [-0.2, -0.15) is 13.2 Å². The minimum Gasteiger partial charge on any atom is -0.352 e. The number of benzene rings is 1. The first-order chi connectivity index (χ1) is 12.6. The molecule has 27 heavy (non-hydrogen) atoms. The Labute approximate surface area is 161 Å². The van der Waals surface area contributed by atoms with Crippen molar-refractivity contribution >= 4 is 29.1 Å². The highest BCUT2D eigenvalue weighted by Gasteiger charge is 2.33. The van der Waals surface area contributed by atoms with E-state index in [0.717, 1.165) is 37.8 Å². The molecule has 1 aliphatic carbocycles. The number of rotatable bonds is 6. The molecule has 1 saturated carbocycles. The third kappa shape index (κ3) is 6.10. The fourth-order valence-electron chi connectivity index (χ4n) is 2.98. The highest BCUT2D eigenvalue weighted by molar-refractivity contribution is 6.31. The van der Waals surface area contributed by atoms with Crippen molar-refractivity contribution in [3.05, 3.63) is 28.8 Å². The molecule has 150 valence electrons. The summed E-state index contributed by atoms with van der Waals surface area (Å²) < 4.78 is 38.7. The van der Waals surface area contributed by atoms with E-state index >= 15 is 0 Å². The molecule has 0 aromatic heterocycles. The van der Waals surface area contributed by atoms with E-state index in [-0.39, 0.29) is 24.2 Å². The second-order valence-corrected chi connectivity index (χ2v) is 7.23. The van der Waals surface area contributed by atoms with Gasteiger partial charge in [0.2, 0.25) is 11.8 Å². The largest absolute Gasteiger partial charge is 0.417 e. The average molecular weight is 406 g/mol. The average Bonchev–Trinajstić information content (AvgIpc) is 3.07. The lowest BCUT2D eigenvalue weighted by atomic mass is 10.2. The first kappa shape index (κ1) is 21.5. The molecule has 0 heterocycles. The number of alkyl halides is 3. The maximum Gasteiger partial charge on any atom is 0.417 e. The second-order valence-electron chi connectivity index (χ2n) is 6.82. The van der Waals surface area contributed by atoms with Gasteiger partial charge in [-0.1, -0.05) is 24.4 Å². The van der Waals surface area contributed by atoms with Crippen molar-refractivity contribution in [3.63, 3.8) is 0 Å². The molecule has 1 aromatic rings. The smallest absolute Gasteiger partial charge is 0.352 e. The Kier molecular flexibility index (Phi) is 7.11. The van der Waals surface area contributed by atoms with E-state index in [0.29, 0.717) is 0 Å². The van der Waals surface area contributed by atoms with E-state index in [1.165, 1.54) is 6.07 Å². The number of amides is 2. The van der Waals surface area contributed by atoms with Crippen LogP contribution in [0.3, 0.4) is 0 Å². The number of carbonyl (C=O) groups excluding carboxylic acids is 2. The van der Waals surface area contributed by atoms with Crippen LogP contribution >= 0.6 is 11.6 Å². The Morgan fingerprint density at radius 3 is 2.52 bits per heavy atom. The molecule has 0 radical (unpaired) electrons. The number of carbonyl (C=O) groups is 2. The molecule has 1 fully saturated rings. The summed E-state index contributed by atoms with van der Waals surface area (Å²) in [4.78, 5) is 25.9. The highest BCUT2D eigenvalue weighted by Crippen LogP contribution is 2.36. The van der Waals surface area contributed by atoms with Crippen molar-refractivity contribution in [3.8, 4) is 0 Å². The van der Waals surface area contributed by atoms with E-state index in [9.17, 15) is 22.8 Å². The Bertz CT molecular complexity index is 691. The molecule has 2 rings (SSSR count).